The standard InChI is InChI=1S/C13H21N3O2S/c1-16-8-5-11(6-9-16)10-15-13-12(19(2,17)18)4-3-7-14-13/h3-4,7,11H,5-6,8-10H2,1-2H3,(H,14,15). The zero-order valence-corrected chi connectivity index (χ0v) is 12.3. The van der Waals surface area contributed by atoms with Crippen LogP contribution in [0.4, 0.5) is 5.82 Å². The predicted molar refractivity (Wildman–Crippen MR) is 76.1 cm³/mol. The Morgan fingerprint density at radius 3 is 2.74 bits per heavy atom. The van der Waals surface area contributed by atoms with Crippen LogP contribution in [0.25, 0.3) is 0 Å². The van der Waals surface area contributed by atoms with Crippen LogP contribution >= 0.6 is 0 Å². The molecule has 0 spiro atoms. The molecule has 0 aliphatic carbocycles. The summed E-state index contributed by atoms with van der Waals surface area (Å²) < 4.78 is 23.3. The molecule has 0 atom stereocenters. The van der Waals surface area contributed by atoms with Crippen molar-refractivity contribution in [2.45, 2.75) is 17.7 Å². The highest BCUT2D eigenvalue weighted by molar-refractivity contribution is 7.90. The first-order valence-corrected chi connectivity index (χ1v) is 8.43. The summed E-state index contributed by atoms with van der Waals surface area (Å²) >= 11 is 0. The van der Waals surface area contributed by atoms with Crippen molar-refractivity contribution in [1.82, 2.24) is 9.88 Å². The molecule has 19 heavy (non-hydrogen) atoms. The Balaban J connectivity index is 2.00. The summed E-state index contributed by atoms with van der Waals surface area (Å²) in [4.78, 5) is 6.74. The second-order valence-electron chi connectivity index (χ2n) is 5.25. The Morgan fingerprint density at radius 2 is 2.11 bits per heavy atom. The molecule has 0 amide bonds. The number of anilines is 1. The van der Waals surface area contributed by atoms with Crippen LogP contribution in [0.3, 0.4) is 0 Å². The molecule has 1 fully saturated rings. The number of nitrogens with one attached hydrogen (secondary N) is 1. The van der Waals surface area contributed by atoms with Crippen LogP contribution in [0.2, 0.25) is 0 Å². The normalized spacial score (nSPS) is 18.4. The third-order valence-corrected chi connectivity index (χ3v) is 4.69. The van der Waals surface area contributed by atoms with Crippen molar-refractivity contribution in [3.63, 3.8) is 0 Å². The zero-order valence-electron chi connectivity index (χ0n) is 11.5. The summed E-state index contributed by atoms with van der Waals surface area (Å²) in [5.74, 6) is 1.06. The van der Waals surface area contributed by atoms with E-state index < -0.39 is 9.84 Å². The highest BCUT2D eigenvalue weighted by atomic mass is 32.2. The van der Waals surface area contributed by atoms with E-state index in [0.29, 0.717) is 11.7 Å². The molecule has 2 rings (SSSR count). The van der Waals surface area contributed by atoms with E-state index in [1.807, 2.05) is 0 Å². The van der Waals surface area contributed by atoms with Crippen molar-refractivity contribution in [2.24, 2.45) is 5.92 Å². The lowest BCUT2D eigenvalue weighted by Gasteiger charge is -2.29. The largest absolute Gasteiger partial charge is 0.369 e. The lowest BCUT2D eigenvalue weighted by molar-refractivity contribution is 0.226. The molecule has 0 radical (unpaired) electrons. The Hall–Kier alpha value is -1.14. The molecule has 0 saturated carbocycles. The third kappa shape index (κ3) is 3.91. The average molecular weight is 283 g/mol. The fourth-order valence-corrected chi connectivity index (χ4v) is 3.13. The van der Waals surface area contributed by atoms with E-state index >= 15 is 0 Å². The number of hydrogen-bond acceptors (Lipinski definition) is 5. The van der Waals surface area contributed by atoms with Crippen LogP contribution in [0.15, 0.2) is 23.2 Å². The highest BCUT2D eigenvalue weighted by Crippen LogP contribution is 2.20. The van der Waals surface area contributed by atoms with Gasteiger partial charge in [0.2, 0.25) is 0 Å². The van der Waals surface area contributed by atoms with Crippen molar-refractivity contribution in [2.75, 3.05) is 38.3 Å². The topological polar surface area (TPSA) is 62.3 Å². The Bertz CT molecular complexity index is 522. The lowest BCUT2D eigenvalue weighted by atomic mass is 9.97. The fraction of sp³-hybridized carbons (Fsp3) is 0.615. The second-order valence-corrected chi connectivity index (χ2v) is 7.23. The van der Waals surface area contributed by atoms with Crippen molar-refractivity contribution < 1.29 is 8.42 Å². The molecular formula is C13H21N3O2S. The summed E-state index contributed by atoms with van der Waals surface area (Å²) in [6.45, 7) is 2.99. The molecule has 1 N–H and O–H groups in total. The Kier molecular flexibility index (Phi) is 4.42. The van der Waals surface area contributed by atoms with Gasteiger partial charge in [0.05, 0.1) is 0 Å². The maximum Gasteiger partial charge on any atom is 0.179 e. The van der Waals surface area contributed by atoms with Gasteiger partial charge in [-0.2, -0.15) is 0 Å². The molecule has 6 heteroatoms. The molecule has 5 nitrogen and oxygen atoms in total. The molecule has 0 bridgehead atoms. The number of sulfone groups is 1. The van der Waals surface area contributed by atoms with Gasteiger partial charge >= 0.3 is 0 Å². The smallest absolute Gasteiger partial charge is 0.179 e. The molecule has 2 heterocycles. The van der Waals surface area contributed by atoms with E-state index in [2.05, 4.69) is 22.2 Å². The SMILES string of the molecule is CN1CCC(CNc2ncccc2S(C)(=O)=O)CC1. The zero-order chi connectivity index (χ0) is 13.9. The number of pyridine rings is 1. The summed E-state index contributed by atoms with van der Waals surface area (Å²) in [6.07, 6.45) is 5.12. The van der Waals surface area contributed by atoms with Gasteiger partial charge < -0.3 is 10.2 Å². The van der Waals surface area contributed by atoms with Gasteiger partial charge in [0.15, 0.2) is 9.84 Å². The van der Waals surface area contributed by atoms with Gasteiger partial charge in [0, 0.05) is 19.0 Å². The monoisotopic (exact) mass is 283 g/mol. The van der Waals surface area contributed by atoms with E-state index in [-0.39, 0.29) is 4.90 Å². The first-order valence-electron chi connectivity index (χ1n) is 6.54. The van der Waals surface area contributed by atoms with E-state index in [4.69, 9.17) is 0 Å². The average Bonchev–Trinajstić information content (AvgIpc) is 2.37. The molecule has 0 aromatic carbocycles. The second kappa shape index (κ2) is 5.88. The van der Waals surface area contributed by atoms with Crippen LogP contribution in [-0.4, -0.2) is 51.2 Å². The first-order chi connectivity index (χ1) is 8.97. The Labute approximate surface area is 114 Å². The van der Waals surface area contributed by atoms with Crippen molar-refractivity contribution >= 4 is 15.7 Å². The number of hydrogen-bond donors (Lipinski definition) is 1. The number of nitrogens with zero attached hydrogens (tertiary/aromatic N) is 2. The molecule has 1 aliphatic heterocycles. The minimum Gasteiger partial charge on any atom is -0.369 e. The number of rotatable bonds is 4. The van der Waals surface area contributed by atoms with Gasteiger partial charge in [0.25, 0.3) is 0 Å². The third-order valence-electron chi connectivity index (χ3n) is 3.57. The van der Waals surface area contributed by atoms with Crippen LogP contribution in [0, 0.1) is 5.92 Å². The number of aromatic nitrogens is 1. The predicted octanol–water partition coefficient (Wildman–Crippen LogP) is 1.24. The van der Waals surface area contributed by atoms with Crippen LogP contribution in [0.5, 0.6) is 0 Å². The van der Waals surface area contributed by atoms with E-state index in [1.165, 1.54) is 6.26 Å². The van der Waals surface area contributed by atoms with Gasteiger partial charge in [-0.25, -0.2) is 13.4 Å². The molecule has 1 saturated heterocycles. The molecule has 106 valence electrons. The van der Waals surface area contributed by atoms with Crippen LogP contribution in [0.1, 0.15) is 12.8 Å². The van der Waals surface area contributed by atoms with E-state index in [1.54, 1.807) is 18.3 Å². The van der Waals surface area contributed by atoms with Gasteiger partial charge in [-0.1, -0.05) is 0 Å². The van der Waals surface area contributed by atoms with Crippen molar-refractivity contribution in [1.29, 1.82) is 0 Å². The van der Waals surface area contributed by atoms with Gasteiger partial charge in [0.1, 0.15) is 10.7 Å². The molecule has 1 aromatic rings. The maximum atomic E-state index is 11.7. The molecular weight excluding hydrogens is 262 g/mol. The number of piperidine rings is 1. The van der Waals surface area contributed by atoms with Gasteiger partial charge in [-0.15, -0.1) is 0 Å². The lowest BCUT2D eigenvalue weighted by Crippen LogP contribution is -2.33. The summed E-state index contributed by atoms with van der Waals surface area (Å²) in [5.41, 5.74) is 0. The van der Waals surface area contributed by atoms with E-state index in [9.17, 15) is 8.42 Å². The maximum absolute atomic E-state index is 11.7. The minimum absolute atomic E-state index is 0.280. The summed E-state index contributed by atoms with van der Waals surface area (Å²) in [5, 5.41) is 3.20. The molecule has 0 unspecified atom stereocenters. The van der Waals surface area contributed by atoms with Crippen molar-refractivity contribution in [3.05, 3.63) is 18.3 Å². The Morgan fingerprint density at radius 1 is 1.42 bits per heavy atom. The number of likely N-dealkylation sites (tertiary alicyclic amines) is 1. The van der Waals surface area contributed by atoms with E-state index in [0.717, 1.165) is 32.5 Å². The first kappa shape index (κ1) is 14.3. The van der Waals surface area contributed by atoms with Crippen LogP contribution < -0.4 is 5.32 Å². The molecule has 1 aliphatic rings. The summed E-state index contributed by atoms with van der Waals surface area (Å²) in [7, 11) is -1.10. The quantitative estimate of drug-likeness (QED) is 0.901. The summed E-state index contributed by atoms with van der Waals surface area (Å²) in [6, 6.07) is 3.25. The van der Waals surface area contributed by atoms with Gasteiger partial charge in [-0.05, 0) is 51.0 Å². The molecule has 1 aromatic heterocycles. The highest BCUT2D eigenvalue weighted by Gasteiger charge is 2.18. The fourth-order valence-electron chi connectivity index (χ4n) is 2.33. The minimum atomic E-state index is -3.23. The van der Waals surface area contributed by atoms with Gasteiger partial charge in [-0.3, -0.25) is 0 Å². The van der Waals surface area contributed by atoms with Crippen molar-refractivity contribution in [3.8, 4) is 0 Å². The van der Waals surface area contributed by atoms with Crippen LogP contribution in [-0.2, 0) is 9.84 Å².